The number of carbonyl (C=O) groups is 4. The summed E-state index contributed by atoms with van der Waals surface area (Å²) in [5, 5.41) is 47.9. The van der Waals surface area contributed by atoms with E-state index >= 15 is 0 Å². The van der Waals surface area contributed by atoms with E-state index in [1.807, 2.05) is 19.0 Å². The number of phenols is 1. The number of aliphatic hydroxyl groups is 3. The summed E-state index contributed by atoms with van der Waals surface area (Å²) >= 11 is 0. The molecule has 0 aliphatic heterocycles. The molecule has 0 radical (unpaired) electrons. The Morgan fingerprint density at radius 1 is 1.02 bits per heavy atom. The SMILES string of the molecule is CN(C)CCNC(=O)c1ccc(-c2ccc(O)c3c2C[C@@H]2C[C@H]4[C@@H](N(C)C)C(=O)C(C(N)=O)=C(O)[C@@]4(O)C(=O)C2=C3O)cc1. The first kappa shape index (κ1) is 30.9. The van der Waals surface area contributed by atoms with E-state index in [-0.39, 0.29) is 35.6 Å². The Hall–Kier alpha value is -4.52. The molecule has 2 aromatic carbocycles. The number of nitrogens with one attached hydrogen (secondary N) is 1. The van der Waals surface area contributed by atoms with Crippen LogP contribution < -0.4 is 11.1 Å². The van der Waals surface area contributed by atoms with Crippen molar-refractivity contribution >= 4 is 29.1 Å². The van der Waals surface area contributed by atoms with E-state index in [9.17, 15) is 39.6 Å². The molecule has 3 aliphatic carbocycles. The van der Waals surface area contributed by atoms with Gasteiger partial charge in [0, 0.05) is 30.1 Å². The molecule has 1 saturated carbocycles. The summed E-state index contributed by atoms with van der Waals surface area (Å²) in [5.74, 6) is -7.21. The van der Waals surface area contributed by atoms with E-state index < -0.39 is 58.0 Å². The lowest BCUT2D eigenvalue weighted by atomic mass is 9.57. The molecule has 3 aliphatic rings. The molecule has 0 heterocycles. The summed E-state index contributed by atoms with van der Waals surface area (Å²) in [4.78, 5) is 55.4. The van der Waals surface area contributed by atoms with Crippen LogP contribution in [0.15, 0.2) is 53.3 Å². The predicted octanol–water partition coefficient (Wildman–Crippen LogP) is 0.922. The Labute approximate surface area is 254 Å². The minimum absolute atomic E-state index is 0.00398. The Bertz CT molecular complexity index is 1640. The molecule has 44 heavy (non-hydrogen) atoms. The average molecular weight is 605 g/mol. The van der Waals surface area contributed by atoms with Gasteiger partial charge in [-0.2, -0.15) is 0 Å². The Kier molecular flexibility index (Phi) is 7.87. The monoisotopic (exact) mass is 604 g/mol. The molecular formula is C32H36N4O8. The van der Waals surface area contributed by atoms with E-state index in [1.54, 1.807) is 44.4 Å². The Morgan fingerprint density at radius 2 is 1.68 bits per heavy atom. The number of phenolic OH excluding ortho intramolecular Hbond substituents is 1. The maximum absolute atomic E-state index is 14.0. The number of likely N-dealkylation sites (N-methyl/N-ethyl adjacent to an activating group) is 2. The summed E-state index contributed by atoms with van der Waals surface area (Å²) in [7, 11) is 6.93. The van der Waals surface area contributed by atoms with Crippen LogP contribution in [-0.4, -0.2) is 107 Å². The third kappa shape index (κ3) is 4.75. The van der Waals surface area contributed by atoms with Crippen LogP contribution in [0.3, 0.4) is 0 Å². The number of fused-ring (bicyclic) bond motifs is 3. The molecule has 4 atom stereocenters. The number of primary amides is 1. The predicted molar refractivity (Wildman–Crippen MR) is 161 cm³/mol. The number of aromatic hydroxyl groups is 1. The van der Waals surface area contributed by atoms with E-state index in [4.69, 9.17) is 5.73 Å². The quantitative estimate of drug-likeness (QED) is 0.248. The maximum Gasteiger partial charge on any atom is 0.255 e. The fourth-order valence-electron chi connectivity index (χ4n) is 6.81. The number of nitrogens with zero attached hydrogens (tertiary/aromatic N) is 2. The van der Waals surface area contributed by atoms with Gasteiger partial charge in [-0.3, -0.25) is 24.1 Å². The van der Waals surface area contributed by atoms with Crippen molar-refractivity contribution in [3.8, 4) is 16.9 Å². The summed E-state index contributed by atoms with van der Waals surface area (Å²) in [6, 6.07) is 8.76. The van der Waals surface area contributed by atoms with Gasteiger partial charge in [0.1, 0.15) is 22.8 Å². The highest BCUT2D eigenvalue weighted by atomic mass is 16.3. The highest BCUT2D eigenvalue weighted by Crippen LogP contribution is 2.53. The number of ketones is 2. The zero-order valence-corrected chi connectivity index (χ0v) is 24.9. The van der Waals surface area contributed by atoms with Gasteiger partial charge in [-0.1, -0.05) is 18.2 Å². The summed E-state index contributed by atoms with van der Waals surface area (Å²) in [5.41, 5.74) is 3.97. The molecule has 7 N–H and O–H groups in total. The largest absolute Gasteiger partial charge is 0.508 e. The highest BCUT2D eigenvalue weighted by molar-refractivity contribution is 6.24. The van der Waals surface area contributed by atoms with Gasteiger partial charge in [0.05, 0.1) is 11.6 Å². The van der Waals surface area contributed by atoms with Crippen molar-refractivity contribution in [2.75, 3.05) is 41.3 Å². The number of rotatable bonds is 7. The van der Waals surface area contributed by atoms with Gasteiger partial charge in [0.2, 0.25) is 5.78 Å². The van der Waals surface area contributed by atoms with Crippen LogP contribution in [0.5, 0.6) is 5.75 Å². The van der Waals surface area contributed by atoms with Crippen LogP contribution >= 0.6 is 0 Å². The van der Waals surface area contributed by atoms with Gasteiger partial charge in [0.15, 0.2) is 11.4 Å². The third-order valence-electron chi connectivity index (χ3n) is 8.91. The van der Waals surface area contributed by atoms with Crippen LogP contribution in [0.2, 0.25) is 0 Å². The molecule has 0 saturated heterocycles. The average Bonchev–Trinajstić information content (AvgIpc) is 2.94. The Morgan fingerprint density at radius 3 is 2.27 bits per heavy atom. The second kappa shape index (κ2) is 11.2. The van der Waals surface area contributed by atoms with Crippen molar-refractivity contribution < 1.29 is 39.6 Å². The highest BCUT2D eigenvalue weighted by Gasteiger charge is 2.64. The lowest BCUT2D eigenvalue weighted by molar-refractivity contribution is -0.153. The minimum Gasteiger partial charge on any atom is -0.508 e. The molecule has 0 spiro atoms. The van der Waals surface area contributed by atoms with E-state index in [2.05, 4.69) is 5.32 Å². The topological polar surface area (TPSA) is 194 Å². The molecule has 0 bridgehead atoms. The van der Waals surface area contributed by atoms with Gasteiger partial charge >= 0.3 is 0 Å². The molecule has 2 amide bonds. The third-order valence-corrected chi connectivity index (χ3v) is 8.91. The number of amides is 2. The Balaban J connectivity index is 1.58. The van der Waals surface area contributed by atoms with Crippen LogP contribution in [-0.2, 0) is 20.8 Å². The first-order chi connectivity index (χ1) is 20.7. The smallest absolute Gasteiger partial charge is 0.255 e. The number of carbonyl (C=O) groups excluding carboxylic acids is 4. The molecule has 5 rings (SSSR count). The fourth-order valence-corrected chi connectivity index (χ4v) is 6.81. The van der Waals surface area contributed by atoms with Crippen LogP contribution in [0, 0.1) is 11.8 Å². The van der Waals surface area contributed by atoms with E-state index in [0.717, 1.165) is 0 Å². The van der Waals surface area contributed by atoms with Gasteiger partial charge in [-0.05, 0) is 81.8 Å². The molecule has 12 nitrogen and oxygen atoms in total. The molecule has 12 heteroatoms. The van der Waals surface area contributed by atoms with Crippen LogP contribution in [0.1, 0.15) is 27.9 Å². The summed E-state index contributed by atoms with van der Waals surface area (Å²) in [6.07, 6.45) is 0.151. The lowest BCUT2D eigenvalue weighted by Crippen LogP contribution is -2.65. The van der Waals surface area contributed by atoms with E-state index in [1.165, 1.54) is 11.0 Å². The molecule has 0 unspecified atom stereocenters. The summed E-state index contributed by atoms with van der Waals surface area (Å²) < 4.78 is 0. The first-order valence-corrected chi connectivity index (χ1v) is 14.2. The second-order valence-corrected chi connectivity index (χ2v) is 12.1. The zero-order valence-electron chi connectivity index (χ0n) is 24.9. The summed E-state index contributed by atoms with van der Waals surface area (Å²) in [6.45, 7) is 1.18. The number of Topliss-reactive ketones (excluding diaryl/α,β-unsaturated/α-hetero) is 2. The zero-order chi connectivity index (χ0) is 32.2. The fraction of sp³-hybridized carbons (Fsp3) is 0.375. The lowest BCUT2D eigenvalue weighted by Gasteiger charge is -2.50. The normalized spacial score (nSPS) is 24.8. The molecule has 1 fully saturated rings. The number of nitrogens with two attached hydrogens (primary N) is 1. The molecule has 232 valence electrons. The molecule has 0 aromatic heterocycles. The number of aliphatic hydroxyl groups excluding tert-OH is 2. The van der Waals surface area contributed by atoms with E-state index in [0.29, 0.717) is 35.3 Å². The molecule has 2 aromatic rings. The van der Waals surface area contributed by atoms with Crippen molar-refractivity contribution in [3.63, 3.8) is 0 Å². The minimum atomic E-state index is -2.69. The number of benzene rings is 2. The number of hydrogen-bond acceptors (Lipinski definition) is 10. The van der Waals surface area contributed by atoms with Gasteiger partial charge < -0.3 is 36.4 Å². The number of hydrogen-bond donors (Lipinski definition) is 6. The van der Waals surface area contributed by atoms with Crippen LogP contribution in [0.25, 0.3) is 16.9 Å². The van der Waals surface area contributed by atoms with Crippen molar-refractivity contribution in [1.82, 2.24) is 15.1 Å². The van der Waals surface area contributed by atoms with Crippen molar-refractivity contribution in [2.24, 2.45) is 17.6 Å². The second-order valence-electron chi connectivity index (χ2n) is 12.1. The van der Waals surface area contributed by atoms with Gasteiger partial charge in [-0.25, -0.2) is 0 Å². The standard InChI is InChI=1S/C32H36N4O8/c1-35(2)12-11-34-31(43)16-7-5-15(6-8-16)18-9-10-21(37)23-19(18)13-17-14-20-25(36(3)4)27(39)24(30(33)42)29(41)32(20,44)28(40)22(17)26(23)38/h5-10,17,20,25,37-38,41,44H,11-14H2,1-4H3,(H2,33,42)(H,34,43)/t17-,20+,25-,32+/m1/s1. The van der Waals surface area contributed by atoms with Crippen LogP contribution in [0.4, 0.5) is 0 Å². The van der Waals surface area contributed by atoms with Gasteiger partial charge in [-0.15, -0.1) is 0 Å². The maximum atomic E-state index is 14.0. The van der Waals surface area contributed by atoms with Crippen molar-refractivity contribution in [3.05, 3.63) is 70.0 Å². The van der Waals surface area contributed by atoms with Crippen molar-refractivity contribution in [2.45, 2.75) is 24.5 Å². The first-order valence-electron chi connectivity index (χ1n) is 14.2. The molecular weight excluding hydrogens is 568 g/mol. The van der Waals surface area contributed by atoms with Gasteiger partial charge in [0.25, 0.3) is 11.8 Å². The van der Waals surface area contributed by atoms with Crippen molar-refractivity contribution in [1.29, 1.82) is 0 Å².